The maximum absolute atomic E-state index is 12.3. The van der Waals surface area contributed by atoms with Crippen LogP contribution in [0.25, 0.3) is 21.8 Å². The number of imidazole rings is 1. The molecule has 0 aliphatic carbocycles. The number of hydrogen-bond acceptors (Lipinski definition) is 6. The maximum atomic E-state index is 12.3. The van der Waals surface area contributed by atoms with Crippen molar-refractivity contribution in [2.45, 2.75) is 23.8 Å². The summed E-state index contributed by atoms with van der Waals surface area (Å²) in [6, 6.07) is 21.8. The molecule has 0 saturated heterocycles. The first-order valence-electron chi connectivity index (χ1n) is 9.91. The maximum Gasteiger partial charge on any atom is 0.227 e. The highest BCUT2D eigenvalue weighted by molar-refractivity contribution is 7.98. The van der Waals surface area contributed by atoms with Gasteiger partial charge < -0.3 is 14.8 Å². The van der Waals surface area contributed by atoms with E-state index in [0.717, 1.165) is 32.6 Å². The van der Waals surface area contributed by atoms with Crippen LogP contribution in [0.3, 0.4) is 0 Å². The van der Waals surface area contributed by atoms with Crippen molar-refractivity contribution in [2.24, 2.45) is 0 Å². The SMILES string of the molecule is O=C(CCc1nc(CSc2nc3ccccc3[nH]2)no1)Nc1ccc2ccccc2c1. The highest BCUT2D eigenvalue weighted by Gasteiger charge is 2.11. The number of aryl methyl sites for hydroxylation is 1. The van der Waals surface area contributed by atoms with E-state index in [9.17, 15) is 4.79 Å². The summed E-state index contributed by atoms with van der Waals surface area (Å²) in [4.78, 5) is 24.5. The molecule has 154 valence electrons. The molecule has 0 spiro atoms. The molecule has 7 nitrogen and oxygen atoms in total. The summed E-state index contributed by atoms with van der Waals surface area (Å²) in [6.07, 6.45) is 0.660. The van der Waals surface area contributed by atoms with E-state index in [1.807, 2.05) is 66.7 Å². The third-order valence-corrected chi connectivity index (χ3v) is 5.68. The molecule has 0 aliphatic heterocycles. The van der Waals surface area contributed by atoms with Gasteiger partial charge in [-0.25, -0.2) is 4.98 Å². The van der Waals surface area contributed by atoms with Gasteiger partial charge in [-0.2, -0.15) is 4.98 Å². The minimum absolute atomic E-state index is 0.0910. The number of fused-ring (bicyclic) bond motifs is 2. The molecule has 8 heteroatoms. The summed E-state index contributed by atoms with van der Waals surface area (Å²) < 4.78 is 5.29. The van der Waals surface area contributed by atoms with E-state index in [-0.39, 0.29) is 12.3 Å². The van der Waals surface area contributed by atoms with Crippen LogP contribution < -0.4 is 5.32 Å². The van der Waals surface area contributed by atoms with E-state index in [1.165, 1.54) is 11.8 Å². The number of aromatic nitrogens is 4. The number of para-hydroxylation sites is 2. The predicted molar refractivity (Wildman–Crippen MR) is 121 cm³/mol. The van der Waals surface area contributed by atoms with E-state index < -0.39 is 0 Å². The molecule has 3 aromatic carbocycles. The van der Waals surface area contributed by atoms with Gasteiger partial charge >= 0.3 is 0 Å². The Bertz CT molecular complexity index is 1330. The Morgan fingerprint density at radius 1 is 1.00 bits per heavy atom. The zero-order valence-corrected chi connectivity index (χ0v) is 17.4. The Labute approximate surface area is 182 Å². The number of anilines is 1. The molecule has 2 aromatic heterocycles. The predicted octanol–water partition coefficient (Wildman–Crippen LogP) is 4.96. The molecular formula is C23H19N5O2S. The Morgan fingerprint density at radius 2 is 1.84 bits per heavy atom. The second kappa shape index (κ2) is 8.61. The summed E-state index contributed by atoms with van der Waals surface area (Å²) >= 11 is 1.51. The first-order valence-corrected chi connectivity index (χ1v) is 10.9. The number of thioether (sulfide) groups is 1. The molecule has 0 radical (unpaired) electrons. The number of carbonyl (C=O) groups is 1. The van der Waals surface area contributed by atoms with Crippen LogP contribution in [-0.4, -0.2) is 26.0 Å². The summed E-state index contributed by atoms with van der Waals surface area (Å²) in [5.74, 6) is 1.48. The van der Waals surface area contributed by atoms with Crippen LogP contribution in [-0.2, 0) is 17.0 Å². The second-order valence-electron chi connectivity index (χ2n) is 7.06. The van der Waals surface area contributed by atoms with Crippen molar-refractivity contribution in [1.82, 2.24) is 20.1 Å². The van der Waals surface area contributed by atoms with Gasteiger partial charge in [0.05, 0.1) is 16.8 Å². The lowest BCUT2D eigenvalue weighted by atomic mass is 10.1. The lowest BCUT2D eigenvalue weighted by Crippen LogP contribution is -2.12. The summed E-state index contributed by atoms with van der Waals surface area (Å²) in [7, 11) is 0. The Morgan fingerprint density at radius 3 is 2.74 bits per heavy atom. The zero-order chi connectivity index (χ0) is 21.0. The monoisotopic (exact) mass is 429 g/mol. The summed E-state index contributed by atoms with van der Waals surface area (Å²) in [5, 5.41) is 9.96. The fraction of sp³-hybridized carbons (Fsp3) is 0.130. The van der Waals surface area contributed by atoms with Crippen molar-refractivity contribution in [3.63, 3.8) is 0 Å². The summed E-state index contributed by atoms with van der Waals surface area (Å²) in [6.45, 7) is 0. The molecule has 31 heavy (non-hydrogen) atoms. The van der Waals surface area contributed by atoms with Crippen LogP contribution in [0.4, 0.5) is 5.69 Å². The van der Waals surface area contributed by atoms with Crippen LogP contribution in [0.2, 0.25) is 0 Å². The van der Waals surface area contributed by atoms with Crippen molar-refractivity contribution >= 4 is 45.2 Å². The van der Waals surface area contributed by atoms with Crippen molar-refractivity contribution in [2.75, 3.05) is 5.32 Å². The number of nitrogens with zero attached hydrogens (tertiary/aromatic N) is 3. The van der Waals surface area contributed by atoms with E-state index >= 15 is 0 Å². The molecule has 1 amide bonds. The molecule has 0 unspecified atom stereocenters. The van der Waals surface area contributed by atoms with Crippen molar-refractivity contribution in [3.05, 3.63) is 78.4 Å². The Hall–Kier alpha value is -3.65. The number of nitrogens with one attached hydrogen (secondary N) is 2. The average molecular weight is 430 g/mol. The van der Waals surface area contributed by atoms with E-state index in [1.54, 1.807) is 0 Å². The minimum Gasteiger partial charge on any atom is -0.339 e. The van der Waals surface area contributed by atoms with Crippen LogP contribution in [0, 0.1) is 0 Å². The molecule has 0 bridgehead atoms. The van der Waals surface area contributed by atoms with E-state index in [2.05, 4.69) is 25.4 Å². The van der Waals surface area contributed by atoms with Gasteiger partial charge in [0.1, 0.15) is 0 Å². The van der Waals surface area contributed by atoms with Gasteiger partial charge in [-0.3, -0.25) is 4.79 Å². The van der Waals surface area contributed by atoms with Crippen LogP contribution in [0.1, 0.15) is 18.1 Å². The van der Waals surface area contributed by atoms with Gasteiger partial charge in [0.25, 0.3) is 0 Å². The normalized spacial score (nSPS) is 11.2. The standard InChI is InChI=1S/C23H19N5O2S/c29-21(24-17-10-9-15-5-1-2-6-16(15)13-17)11-12-22-27-20(28-30-22)14-31-23-25-18-7-3-4-8-19(18)26-23/h1-10,13H,11-12,14H2,(H,24,29)(H,25,26). The van der Waals surface area contributed by atoms with Gasteiger partial charge in [0, 0.05) is 18.5 Å². The van der Waals surface area contributed by atoms with Gasteiger partial charge in [-0.1, -0.05) is 59.4 Å². The highest BCUT2D eigenvalue weighted by Crippen LogP contribution is 2.22. The van der Waals surface area contributed by atoms with E-state index in [4.69, 9.17) is 4.52 Å². The number of rotatable bonds is 7. The first-order chi connectivity index (χ1) is 15.2. The lowest BCUT2D eigenvalue weighted by molar-refractivity contribution is -0.116. The van der Waals surface area contributed by atoms with Crippen molar-refractivity contribution < 1.29 is 9.32 Å². The topological polar surface area (TPSA) is 96.7 Å². The molecule has 0 atom stereocenters. The summed E-state index contributed by atoms with van der Waals surface area (Å²) in [5.41, 5.74) is 2.70. The number of aromatic amines is 1. The first kappa shape index (κ1) is 19.3. The number of benzene rings is 3. The molecule has 0 aliphatic rings. The fourth-order valence-corrected chi connectivity index (χ4v) is 4.02. The smallest absolute Gasteiger partial charge is 0.227 e. The largest absolute Gasteiger partial charge is 0.339 e. The molecular weight excluding hydrogens is 410 g/mol. The minimum atomic E-state index is -0.0910. The van der Waals surface area contributed by atoms with Gasteiger partial charge in [-0.15, -0.1) is 0 Å². The molecule has 2 N–H and O–H groups in total. The van der Waals surface area contributed by atoms with Crippen molar-refractivity contribution in [3.8, 4) is 0 Å². The number of H-pyrrole nitrogens is 1. The molecule has 2 heterocycles. The second-order valence-corrected chi connectivity index (χ2v) is 8.03. The molecule has 5 aromatic rings. The quantitative estimate of drug-likeness (QED) is 0.355. The van der Waals surface area contributed by atoms with Gasteiger partial charge in [0.15, 0.2) is 11.0 Å². The number of hydrogen-bond donors (Lipinski definition) is 2. The van der Waals surface area contributed by atoms with Crippen LogP contribution >= 0.6 is 11.8 Å². The van der Waals surface area contributed by atoms with Gasteiger partial charge in [0.2, 0.25) is 11.8 Å². The van der Waals surface area contributed by atoms with Crippen molar-refractivity contribution in [1.29, 1.82) is 0 Å². The highest BCUT2D eigenvalue weighted by atomic mass is 32.2. The van der Waals surface area contributed by atoms with E-state index in [0.29, 0.717) is 23.9 Å². The molecule has 5 rings (SSSR count). The van der Waals surface area contributed by atoms with Crippen LogP contribution in [0.15, 0.2) is 76.4 Å². The fourth-order valence-electron chi connectivity index (χ4n) is 3.29. The third kappa shape index (κ3) is 4.59. The number of amides is 1. The van der Waals surface area contributed by atoms with Crippen LogP contribution in [0.5, 0.6) is 0 Å². The molecule has 0 saturated carbocycles. The van der Waals surface area contributed by atoms with Gasteiger partial charge in [-0.05, 0) is 35.0 Å². The Kier molecular flexibility index (Phi) is 5.37. The lowest BCUT2D eigenvalue weighted by Gasteiger charge is -2.05. The number of carbonyl (C=O) groups excluding carboxylic acids is 1. The zero-order valence-electron chi connectivity index (χ0n) is 16.5. The molecule has 0 fully saturated rings. The average Bonchev–Trinajstić information content (AvgIpc) is 3.42. The third-order valence-electron chi connectivity index (χ3n) is 4.81. The Balaban J connectivity index is 1.13.